The van der Waals surface area contributed by atoms with E-state index in [1.165, 1.54) is 0 Å². The molecule has 0 aliphatic carbocycles. The number of nitrogens with one attached hydrogen (secondary N) is 1. The van der Waals surface area contributed by atoms with Gasteiger partial charge in [-0.25, -0.2) is 0 Å². The normalized spacial score (nSPS) is 27.6. The number of hydrogen-bond donors (Lipinski definition) is 1. The van der Waals surface area contributed by atoms with Crippen LogP contribution < -0.4 is 0 Å². The van der Waals surface area contributed by atoms with Crippen molar-refractivity contribution < 1.29 is 52.4 Å². The molecule has 0 spiro atoms. The van der Waals surface area contributed by atoms with Crippen LogP contribution >= 0.6 is 34.8 Å². The number of esters is 3. The molecule has 13 nitrogen and oxygen atoms in total. The van der Waals surface area contributed by atoms with Gasteiger partial charge in [-0.2, -0.15) is 0 Å². The molecular weight excluding hydrogens is 527 g/mol. The lowest BCUT2D eigenvalue weighted by molar-refractivity contribution is -0.274. The number of alkyl halides is 3. The Balaban J connectivity index is 2.60. The first-order chi connectivity index (χ1) is 15.7. The third-order valence-electron chi connectivity index (χ3n) is 4.45. The molecule has 2 amide bonds. The van der Waals surface area contributed by atoms with Crippen molar-refractivity contribution in [1.82, 2.24) is 4.90 Å². The SMILES string of the molecule is CC(=O)OC[C@H]1OC(OC(=N)C(Cl)(Cl)Cl)[C@H](N2C(=O)COCC2=O)[C@@H](OC(C)=O)[C@@H]1OC(C)=O. The minimum absolute atomic E-state index is 0.515. The van der Waals surface area contributed by atoms with Gasteiger partial charge < -0.3 is 28.4 Å². The minimum atomic E-state index is -2.37. The Labute approximate surface area is 208 Å². The van der Waals surface area contributed by atoms with E-state index in [0.29, 0.717) is 4.90 Å². The van der Waals surface area contributed by atoms with Gasteiger partial charge in [0.05, 0.1) is 0 Å². The smallest absolute Gasteiger partial charge is 0.303 e. The predicted molar refractivity (Wildman–Crippen MR) is 112 cm³/mol. The number of ether oxygens (including phenoxy) is 6. The highest BCUT2D eigenvalue weighted by Gasteiger charge is 2.57. The van der Waals surface area contributed by atoms with Gasteiger partial charge >= 0.3 is 17.9 Å². The van der Waals surface area contributed by atoms with E-state index in [1.54, 1.807) is 0 Å². The van der Waals surface area contributed by atoms with E-state index in [1.807, 2.05) is 0 Å². The number of carbonyl (C=O) groups excluding carboxylic acids is 5. The summed E-state index contributed by atoms with van der Waals surface area (Å²) in [5.41, 5.74) is 0. The van der Waals surface area contributed by atoms with Crippen molar-refractivity contribution in [2.45, 2.75) is 55.2 Å². The molecule has 5 atom stereocenters. The van der Waals surface area contributed by atoms with Crippen molar-refractivity contribution >= 4 is 70.4 Å². The Hall–Kier alpha value is -2.19. The standard InChI is InChI=1S/C18H21Cl3N2O11/c1-7(24)30-4-10-14(31-8(2)25)15(32-9(3)26)13(23-11(27)5-29-6-12(23)28)16(33-10)34-17(22)18(19,20)21/h10,13-16,22H,4-6H2,1-3H3/t10-,13-,14-,15-,16?/m1/s1. The third kappa shape index (κ3) is 7.15. The van der Waals surface area contributed by atoms with Gasteiger partial charge in [0, 0.05) is 20.8 Å². The zero-order chi connectivity index (χ0) is 25.8. The van der Waals surface area contributed by atoms with Crippen molar-refractivity contribution in [3.8, 4) is 0 Å². The highest BCUT2D eigenvalue weighted by molar-refractivity contribution is 6.76. The fraction of sp³-hybridized carbons (Fsp3) is 0.667. The molecule has 1 unspecified atom stereocenters. The maximum absolute atomic E-state index is 12.6. The second-order valence-electron chi connectivity index (χ2n) is 7.08. The predicted octanol–water partition coefficient (Wildman–Crippen LogP) is 0.256. The highest BCUT2D eigenvalue weighted by atomic mass is 35.6. The lowest BCUT2D eigenvalue weighted by atomic mass is 9.94. The quantitative estimate of drug-likeness (QED) is 0.121. The topological polar surface area (TPSA) is 168 Å². The summed E-state index contributed by atoms with van der Waals surface area (Å²) in [6.07, 6.45) is -6.18. The lowest BCUT2D eigenvalue weighted by Crippen LogP contribution is -2.70. The molecule has 2 heterocycles. The maximum atomic E-state index is 12.6. The molecule has 16 heteroatoms. The summed E-state index contributed by atoms with van der Waals surface area (Å²) in [5.74, 6) is -5.14. The van der Waals surface area contributed by atoms with Gasteiger partial charge in [0.2, 0.25) is 12.2 Å². The number of imide groups is 1. The molecule has 1 N–H and O–H groups in total. The van der Waals surface area contributed by atoms with Crippen LogP contribution in [0.25, 0.3) is 0 Å². The molecule has 0 bridgehead atoms. The summed E-state index contributed by atoms with van der Waals surface area (Å²) < 4.78 is 29.1. The van der Waals surface area contributed by atoms with Crippen LogP contribution in [0, 0.1) is 5.41 Å². The molecule has 0 saturated carbocycles. The van der Waals surface area contributed by atoms with E-state index < -0.39 is 89.9 Å². The number of hydrogen-bond acceptors (Lipinski definition) is 12. The van der Waals surface area contributed by atoms with E-state index in [2.05, 4.69) is 0 Å². The second-order valence-corrected chi connectivity index (χ2v) is 9.36. The molecular formula is C18H21Cl3N2O11. The molecule has 0 radical (unpaired) electrons. The van der Waals surface area contributed by atoms with Crippen LogP contribution in [-0.4, -0.2) is 94.8 Å². The Morgan fingerprint density at radius 1 is 0.971 bits per heavy atom. The van der Waals surface area contributed by atoms with E-state index in [0.717, 1.165) is 20.8 Å². The fourth-order valence-corrected chi connectivity index (χ4v) is 3.41. The van der Waals surface area contributed by atoms with Gasteiger partial charge in [-0.3, -0.25) is 34.3 Å². The van der Waals surface area contributed by atoms with Crippen molar-refractivity contribution in [1.29, 1.82) is 5.41 Å². The van der Waals surface area contributed by atoms with Crippen molar-refractivity contribution in [3.63, 3.8) is 0 Å². The average Bonchev–Trinajstić information content (AvgIpc) is 2.68. The Bertz CT molecular complexity index is 847. The highest BCUT2D eigenvalue weighted by Crippen LogP contribution is 2.35. The second kappa shape index (κ2) is 11.5. The van der Waals surface area contributed by atoms with Crippen LogP contribution in [0.5, 0.6) is 0 Å². The summed E-state index contributed by atoms with van der Waals surface area (Å²) >= 11 is 17.1. The van der Waals surface area contributed by atoms with Crippen molar-refractivity contribution in [2.24, 2.45) is 0 Å². The molecule has 2 rings (SSSR count). The molecule has 190 valence electrons. The number of rotatable bonds is 6. The zero-order valence-electron chi connectivity index (χ0n) is 18.1. The largest absolute Gasteiger partial charge is 0.463 e. The van der Waals surface area contributed by atoms with Gasteiger partial charge in [0.1, 0.15) is 32.0 Å². The van der Waals surface area contributed by atoms with Gasteiger partial charge in [-0.1, -0.05) is 34.8 Å². The van der Waals surface area contributed by atoms with Gasteiger partial charge in [-0.15, -0.1) is 0 Å². The molecule has 0 aromatic heterocycles. The van der Waals surface area contributed by atoms with Crippen LogP contribution in [0.15, 0.2) is 0 Å². The number of halogens is 3. The molecule has 2 aliphatic heterocycles. The lowest BCUT2D eigenvalue weighted by Gasteiger charge is -2.48. The molecule has 0 aromatic carbocycles. The van der Waals surface area contributed by atoms with E-state index in [4.69, 9.17) is 68.6 Å². The van der Waals surface area contributed by atoms with Gasteiger partial charge in [-0.05, 0) is 0 Å². The van der Waals surface area contributed by atoms with Crippen LogP contribution in [0.4, 0.5) is 0 Å². The first kappa shape index (κ1) is 28.1. The molecule has 2 aliphatic rings. The monoisotopic (exact) mass is 546 g/mol. The fourth-order valence-electron chi connectivity index (χ4n) is 3.27. The van der Waals surface area contributed by atoms with Crippen molar-refractivity contribution in [3.05, 3.63) is 0 Å². The summed E-state index contributed by atoms with van der Waals surface area (Å²) in [6, 6.07) is -1.61. The zero-order valence-corrected chi connectivity index (χ0v) is 20.3. The summed E-state index contributed by atoms with van der Waals surface area (Å²) in [7, 11) is 0. The minimum Gasteiger partial charge on any atom is -0.463 e. The number of morpholine rings is 1. The average molecular weight is 548 g/mol. The number of nitrogens with zero attached hydrogens (tertiary/aromatic N) is 1. The van der Waals surface area contributed by atoms with Gasteiger partial charge in [0.15, 0.2) is 12.2 Å². The number of amides is 2. The molecule has 0 aromatic rings. The van der Waals surface area contributed by atoms with Crippen LogP contribution in [0.3, 0.4) is 0 Å². The summed E-state index contributed by atoms with van der Waals surface area (Å²) in [6.45, 7) is 1.63. The van der Waals surface area contributed by atoms with Crippen LogP contribution in [-0.2, 0) is 52.4 Å². The molecule has 2 fully saturated rings. The van der Waals surface area contributed by atoms with E-state index in [9.17, 15) is 24.0 Å². The Morgan fingerprint density at radius 3 is 1.97 bits per heavy atom. The van der Waals surface area contributed by atoms with Crippen LogP contribution in [0.2, 0.25) is 0 Å². The maximum Gasteiger partial charge on any atom is 0.303 e. The summed E-state index contributed by atoms with van der Waals surface area (Å²) in [4.78, 5) is 61.0. The number of carbonyl (C=O) groups is 5. The first-order valence-electron chi connectivity index (χ1n) is 9.60. The van der Waals surface area contributed by atoms with Gasteiger partial charge in [0.25, 0.3) is 15.6 Å². The molecule has 2 saturated heterocycles. The van der Waals surface area contributed by atoms with E-state index in [-0.39, 0.29) is 0 Å². The Kier molecular flexibility index (Phi) is 9.48. The van der Waals surface area contributed by atoms with E-state index >= 15 is 0 Å². The summed E-state index contributed by atoms with van der Waals surface area (Å²) in [5, 5.41) is 7.90. The Morgan fingerprint density at radius 2 is 1.50 bits per heavy atom. The first-order valence-corrected chi connectivity index (χ1v) is 10.7. The van der Waals surface area contributed by atoms with Crippen LogP contribution in [0.1, 0.15) is 20.8 Å². The van der Waals surface area contributed by atoms with Crippen molar-refractivity contribution in [2.75, 3.05) is 19.8 Å². The molecule has 34 heavy (non-hydrogen) atoms. The third-order valence-corrected chi connectivity index (χ3v) is 4.96.